The van der Waals surface area contributed by atoms with Gasteiger partial charge in [-0.25, -0.2) is 14.3 Å². The van der Waals surface area contributed by atoms with Crippen LogP contribution in [-0.2, 0) is 11.3 Å². The molecule has 0 spiro atoms. The fourth-order valence-electron chi connectivity index (χ4n) is 3.16. The SMILES string of the molecule is CC[C@H](O)[C@@H]1C[C@@H](O)[C@H](n2c(=O)n(CC(C)O)c3cnc(N)nc32)O1. The Morgan fingerprint density at radius 3 is 2.84 bits per heavy atom. The number of rotatable bonds is 5. The Bertz CT molecular complexity index is 816. The molecule has 5 N–H and O–H groups in total. The van der Waals surface area contributed by atoms with Gasteiger partial charge in [0.15, 0.2) is 11.9 Å². The molecule has 2 aromatic heterocycles. The fourth-order valence-corrected chi connectivity index (χ4v) is 3.16. The van der Waals surface area contributed by atoms with E-state index in [9.17, 15) is 20.1 Å². The third-order valence-electron chi connectivity index (χ3n) is 4.39. The van der Waals surface area contributed by atoms with Gasteiger partial charge in [0, 0.05) is 6.42 Å². The number of nitrogens with two attached hydrogens (primary N) is 1. The van der Waals surface area contributed by atoms with Crippen LogP contribution in [0.15, 0.2) is 11.0 Å². The van der Waals surface area contributed by atoms with Gasteiger partial charge in [-0.05, 0) is 13.3 Å². The van der Waals surface area contributed by atoms with E-state index in [-0.39, 0.29) is 24.6 Å². The normalized spacial score (nSPS) is 26.2. The summed E-state index contributed by atoms with van der Waals surface area (Å²) in [6.07, 6.45) is -1.98. The largest absolute Gasteiger partial charge is 0.392 e. The van der Waals surface area contributed by atoms with Gasteiger partial charge in [0.2, 0.25) is 5.95 Å². The molecule has 1 aliphatic heterocycles. The zero-order chi connectivity index (χ0) is 18.3. The first-order valence-electron chi connectivity index (χ1n) is 8.26. The number of ether oxygens (including phenoxy) is 1. The monoisotopic (exact) mass is 353 g/mol. The molecule has 0 bridgehead atoms. The topological polar surface area (TPSA) is 149 Å². The average molecular weight is 353 g/mol. The van der Waals surface area contributed by atoms with E-state index in [0.29, 0.717) is 11.9 Å². The molecular formula is C15H23N5O5. The molecule has 2 aromatic rings. The molecule has 0 radical (unpaired) electrons. The van der Waals surface area contributed by atoms with Gasteiger partial charge in [-0.3, -0.25) is 4.57 Å². The third kappa shape index (κ3) is 3.13. The lowest BCUT2D eigenvalue weighted by Crippen LogP contribution is -2.33. The number of hydrogen-bond donors (Lipinski definition) is 4. The van der Waals surface area contributed by atoms with Crippen molar-refractivity contribution in [1.29, 1.82) is 0 Å². The first-order valence-corrected chi connectivity index (χ1v) is 8.26. The average Bonchev–Trinajstić information content (AvgIpc) is 3.05. The molecule has 0 aliphatic carbocycles. The second-order valence-electron chi connectivity index (χ2n) is 6.39. The van der Waals surface area contributed by atoms with Crippen LogP contribution in [0.5, 0.6) is 0 Å². The lowest BCUT2D eigenvalue weighted by molar-refractivity contribution is -0.0760. The van der Waals surface area contributed by atoms with E-state index in [1.165, 1.54) is 15.3 Å². The zero-order valence-electron chi connectivity index (χ0n) is 14.1. The molecule has 3 rings (SSSR count). The van der Waals surface area contributed by atoms with Crippen molar-refractivity contribution in [2.24, 2.45) is 0 Å². The van der Waals surface area contributed by atoms with E-state index in [1.54, 1.807) is 6.92 Å². The molecule has 1 saturated heterocycles. The molecule has 1 aliphatic rings. The maximum absolute atomic E-state index is 12.9. The number of imidazole rings is 1. The Hall–Kier alpha value is -2.01. The first-order chi connectivity index (χ1) is 11.8. The quantitative estimate of drug-likeness (QED) is 0.533. The Morgan fingerprint density at radius 2 is 2.20 bits per heavy atom. The highest BCUT2D eigenvalue weighted by Crippen LogP contribution is 2.32. The molecule has 10 heteroatoms. The third-order valence-corrected chi connectivity index (χ3v) is 4.39. The minimum atomic E-state index is -0.995. The van der Waals surface area contributed by atoms with Gasteiger partial charge in [0.05, 0.1) is 31.1 Å². The number of nitrogens with zero attached hydrogens (tertiary/aromatic N) is 4. The van der Waals surface area contributed by atoms with Crippen LogP contribution >= 0.6 is 0 Å². The van der Waals surface area contributed by atoms with Crippen LogP contribution < -0.4 is 11.4 Å². The summed E-state index contributed by atoms with van der Waals surface area (Å²) in [4.78, 5) is 20.9. The summed E-state index contributed by atoms with van der Waals surface area (Å²) in [7, 11) is 0. The molecular weight excluding hydrogens is 330 g/mol. The van der Waals surface area contributed by atoms with E-state index in [2.05, 4.69) is 9.97 Å². The Morgan fingerprint density at radius 1 is 1.48 bits per heavy atom. The number of aromatic nitrogens is 4. The smallest absolute Gasteiger partial charge is 0.332 e. The van der Waals surface area contributed by atoms with Gasteiger partial charge in [-0.2, -0.15) is 4.98 Å². The molecule has 0 aromatic carbocycles. The minimum absolute atomic E-state index is 0.0203. The van der Waals surface area contributed by atoms with Crippen molar-refractivity contribution in [3.8, 4) is 0 Å². The molecule has 1 unspecified atom stereocenters. The summed E-state index contributed by atoms with van der Waals surface area (Å²) >= 11 is 0. The van der Waals surface area contributed by atoms with Crippen LogP contribution in [0, 0.1) is 0 Å². The second-order valence-corrected chi connectivity index (χ2v) is 6.39. The van der Waals surface area contributed by atoms with Crippen molar-refractivity contribution >= 4 is 17.1 Å². The summed E-state index contributed by atoms with van der Waals surface area (Å²) < 4.78 is 8.28. The van der Waals surface area contributed by atoms with E-state index < -0.39 is 36.3 Å². The summed E-state index contributed by atoms with van der Waals surface area (Å²) in [6, 6.07) is 0. The van der Waals surface area contributed by atoms with Crippen molar-refractivity contribution in [2.75, 3.05) is 5.73 Å². The van der Waals surface area contributed by atoms with Crippen molar-refractivity contribution in [3.05, 3.63) is 16.7 Å². The molecule has 5 atom stereocenters. The number of aliphatic hydroxyl groups is 3. The van der Waals surface area contributed by atoms with Gasteiger partial charge < -0.3 is 25.8 Å². The summed E-state index contributed by atoms with van der Waals surface area (Å²) in [5.74, 6) is -0.0203. The molecule has 10 nitrogen and oxygen atoms in total. The Balaban J connectivity index is 2.11. The molecule has 1 fully saturated rings. The Labute approximate surface area is 143 Å². The highest BCUT2D eigenvalue weighted by Gasteiger charge is 2.40. The summed E-state index contributed by atoms with van der Waals surface area (Å²) in [6.45, 7) is 3.41. The number of anilines is 1. The van der Waals surface area contributed by atoms with Crippen molar-refractivity contribution in [1.82, 2.24) is 19.1 Å². The first kappa shape index (κ1) is 17.8. The maximum atomic E-state index is 12.9. The second kappa shape index (κ2) is 6.71. The number of hydrogen-bond acceptors (Lipinski definition) is 8. The maximum Gasteiger partial charge on any atom is 0.332 e. The van der Waals surface area contributed by atoms with E-state index in [4.69, 9.17) is 10.5 Å². The van der Waals surface area contributed by atoms with Gasteiger partial charge in [0.1, 0.15) is 11.6 Å². The number of aliphatic hydroxyl groups excluding tert-OH is 3. The molecule has 3 heterocycles. The van der Waals surface area contributed by atoms with E-state index >= 15 is 0 Å². The van der Waals surface area contributed by atoms with Gasteiger partial charge in [-0.15, -0.1) is 0 Å². The Kier molecular flexibility index (Phi) is 4.78. The van der Waals surface area contributed by atoms with Crippen LogP contribution in [0.1, 0.15) is 32.9 Å². The van der Waals surface area contributed by atoms with Crippen LogP contribution in [0.25, 0.3) is 11.2 Å². The fraction of sp³-hybridized carbons (Fsp3) is 0.667. The van der Waals surface area contributed by atoms with E-state index in [0.717, 1.165) is 0 Å². The van der Waals surface area contributed by atoms with Crippen LogP contribution in [0.2, 0.25) is 0 Å². The lowest BCUT2D eigenvalue weighted by atomic mass is 10.1. The molecule has 0 amide bonds. The van der Waals surface area contributed by atoms with Crippen LogP contribution in [0.3, 0.4) is 0 Å². The van der Waals surface area contributed by atoms with Crippen LogP contribution in [-0.4, -0.2) is 58.8 Å². The van der Waals surface area contributed by atoms with Gasteiger partial charge >= 0.3 is 5.69 Å². The summed E-state index contributed by atoms with van der Waals surface area (Å²) in [5, 5.41) is 30.0. The van der Waals surface area contributed by atoms with Crippen molar-refractivity contribution in [2.45, 2.75) is 63.9 Å². The lowest BCUT2D eigenvalue weighted by Gasteiger charge is -2.18. The predicted molar refractivity (Wildman–Crippen MR) is 88.7 cm³/mol. The highest BCUT2D eigenvalue weighted by molar-refractivity contribution is 5.71. The highest BCUT2D eigenvalue weighted by atomic mass is 16.5. The summed E-state index contributed by atoms with van der Waals surface area (Å²) in [5.41, 5.74) is 5.75. The van der Waals surface area contributed by atoms with Crippen LogP contribution in [0.4, 0.5) is 5.95 Å². The standard InChI is InChI=1S/C15H23N5O5/c1-3-9(22)11-4-10(23)13(25-11)20-12-8(5-17-14(16)18-12)19(15(20)24)6-7(2)21/h5,7,9-11,13,21-23H,3-4,6H2,1-2H3,(H2,16,17,18)/t7?,9-,10+,11-,13+/m0/s1. The number of nitrogen functional groups attached to an aromatic ring is 1. The molecule has 25 heavy (non-hydrogen) atoms. The van der Waals surface area contributed by atoms with Crippen molar-refractivity contribution in [3.63, 3.8) is 0 Å². The number of fused-ring (bicyclic) bond motifs is 1. The van der Waals surface area contributed by atoms with E-state index in [1.807, 2.05) is 6.92 Å². The van der Waals surface area contributed by atoms with Gasteiger partial charge in [-0.1, -0.05) is 6.92 Å². The predicted octanol–water partition coefficient (Wildman–Crippen LogP) is -1.02. The van der Waals surface area contributed by atoms with Gasteiger partial charge in [0.25, 0.3) is 0 Å². The molecule has 0 saturated carbocycles. The molecule has 138 valence electrons. The minimum Gasteiger partial charge on any atom is -0.392 e. The van der Waals surface area contributed by atoms with Crippen molar-refractivity contribution < 1.29 is 20.1 Å². The zero-order valence-corrected chi connectivity index (χ0v) is 14.1.